The molecule has 0 fully saturated rings. The van der Waals surface area contributed by atoms with Crippen LogP contribution in [0, 0.1) is 12.3 Å². The van der Waals surface area contributed by atoms with Gasteiger partial charge in [-0.1, -0.05) is 0 Å². The lowest BCUT2D eigenvalue weighted by molar-refractivity contribution is 0.729. The van der Waals surface area contributed by atoms with Crippen LogP contribution in [-0.4, -0.2) is 15.6 Å². The third kappa shape index (κ3) is 1.58. The molecule has 0 spiro atoms. The summed E-state index contributed by atoms with van der Waals surface area (Å²) < 4.78 is 1.75. The van der Waals surface area contributed by atoms with Crippen LogP contribution in [0.3, 0.4) is 0 Å². The molecule has 1 aromatic heterocycles. The number of amidine groups is 1. The molecule has 0 saturated heterocycles. The van der Waals surface area contributed by atoms with Crippen molar-refractivity contribution in [2.45, 2.75) is 13.3 Å². The Kier molecular flexibility index (Phi) is 1.94. The van der Waals surface area contributed by atoms with Crippen LogP contribution in [0.4, 0.5) is 0 Å². The summed E-state index contributed by atoms with van der Waals surface area (Å²) in [5.41, 5.74) is 7.36. The maximum atomic E-state index is 7.10. The van der Waals surface area contributed by atoms with Crippen LogP contribution >= 0.6 is 0 Å². The van der Waals surface area contributed by atoms with Crippen LogP contribution in [0.15, 0.2) is 6.20 Å². The van der Waals surface area contributed by atoms with Crippen LogP contribution < -0.4 is 5.73 Å². The molecule has 11 heavy (non-hydrogen) atoms. The fourth-order valence-corrected chi connectivity index (χ4v) is 1.01. The molecule has 3 N–H and O–H groups in total. The highest BCUT2D eigenvalue weighted by Gasteiger charge is 2.04. The molecule has 1 heterocycles. The molecular formula is C7H12N4. The first-order chi connectivity index (χ1) is 5.11. The molecule has 0 aliphatic carbocycles. The summed E-state index contributed by atoms with van der Waals surface area (Å²) in [4.78, 5) is 0. The molecule has 0 aliphatic rings. The van der Waals surface area contributed by atoms with Gasteiger partial charge in [-0.15, -0.1) is 0 Å². The Hall–Kier alpha value is -1.32. The van der Waals surface area contributed by atoms with Crippen LogP contribution in [0.25, 0.3) is 0 Å². The van der Waals surface area contributed by atoms with Gasteiger partial charge >= 0.3 is 0 Å². The van der Waals surface area contributed by atoms with E-state index in [2.05, 4.69) is 5.10 Å². The van der Waals surface area contributed by atoms with Crippen LogP contribution in [0.2, 0.25) is 0 Å². The number of rotatable bonds is 2. The summed E-state index contributed by atoms with van der Waals surface area (Å²) in [5, 5.41) is 11.1. The zero-order valence-electron chi connectivity index (χ0n) is 6.76. The number of aromatic nitrogens is 2. The van der Waals surface area contributed by atoms with Crippen molar-refractivity contribution in [2.24, 2.45) is 12.8 Å². The average molecular weight is 152 g/mol. The number of nitrogens with one attached hydrogen (secondary N) is 1. The second-order valence-corrected chi connectivity index (χ2v) is 2.60. The lowest BCUT2D eigenvalue weighted by Crippen LogP contribution is -2.15. The number of hydrogen-bond donors (Lipinski definition) is 2. The Balaban J connectivity index is 2.92. The van der Waals surface area contributed by atoms with E-state index in [1.54, 1.807) is 10.9 Å². The van der Waals surface area contributed by atoms with Gasteiger partial charge in [0.25, 0.3) is 0 Å². The van der Waals surface area contributed by atoms with E-state index in [0.29, 0.717) is 6.42 Å². The van der Waals surface area contributed by atoms with Crippen LogP contribution in [0.5, 0.6) is 0 Å². The quantitative estimate of drug-likeness (QED) is 0.469. The molecule has 0 aromatic carbocycles. The van der Waals surface area contributed by atoms with Gasteiger partial charge in [-0.05, 0) is 12.5 Å². The Morgan fingerprint density at radius 1 is 1.82 bits per heavy atom. The Morgan fingerprint density at radius 3 is 2.82 bits per heavy atom. The summed E-state index contributed by atoms with van der Waals surface area (Å²) in [6.07, 6.45) is 2.26. The van der Waals surface area contributed by atoms with Gasteiger partial charge in [0.15, 0.2) is 0 Å². The van der Waals surface area contributed by atoms with E-state index in [-0.39, 0.29) is 5.84 Å². The van der Waals surface area contributed by atoms with E-state index in [1.807, 2.05) is 14.0 Å². The highest BCUT2D eigenvalue weighted by atomic mass is 15.3. The van der Waals surface area contributed by atoms with Gasteiger partial charge in [0.2, 0.25) is 0 Å². The molecule has 0 aliphatic heterocycles. The molecule has 1 rings (SSSR count). The van der Waals surface area contributed by atoms with Crippen molar-refractivity contribution in [3.05, 3.63) is 17.5 Å². The first kappa shape index (κ1) is 7.78. The van der Waals surface area contributed by atoms with Crippen molar-refractivity contribution in [3.63, 3.8) is 0 Å². The van der Waals surface area contributed by atoms with Crippen LogP contribution in [-0.2, 0) is 13.5 Å². The van der Waals surface area contributed by atoms with Crippen molar-refractivity contribution in [1.82, 2.24) is 9.78 Å². The molecule has 0 bridgehead atoms. The zero-order chi connectivity index (χ0) is 8.43. The predicted octanol–water partition coefficient (Wildman–Crippen LogP) is 0.207. The zero-order valence-corrected chi connectivity index (χ0v) is 6.76. The molecule has 0 atom stereocenters. The topological polar surface area (TPSA) is 67.7 Å². The van der Waals surface area contributed by atoms with Gasteiger partial charge in [-0.2, -0.15) is 5.10 Å². The molecule has 0 unspecified atom stereocenters. The minimum atomic E-state index is 0.178. The molecule has 4 heteroatoms. The van der Waals surface area contributed by atoms with Gasteiger partial charge in [0, 0.05) is 19.2 Å². The van der Waals surface area contributed by atoms with Crippen molar-refractivity contribution < 1.29 is 0 Å². The Labute approximate surface area is 65.5 Å². The smallest absolute Gasteiger partial charge is 0.0966 e. The third-order valence-electron chi connectivity index (χ3n) is 1.63. The predicted molar refractivity (Wildman–Crippen MR) is 43.6 cm³/mol. The maximum Gasteiger partial charge on any atom is 0.0966 e. The lowest BCUT2D eigenvalue weighted by Gasteiger charge is -2.00. The minimum Gasteiger partial charge on any atom is -0.387 e. The van der Waals surface area contributed by atoms with Gasteiger partial charge < -0.3 is 5.73 Å². The van der Waals surface area contributed by atoms with Gasteiger partial charge in [-0.25, -0.2) is 0 Å². The molecule has 0 saturated carbocycles. The molecular weight excluding hydrogens is 140 g/mol. The van der Waals surface area contributed by atoms with E-state index >= 15 is 0 Å². The van der Waals surface area contributed by atoms with E-state index in [4.69, 9.17) is 11.1 Å². The van der Waals surface area contributed by atoms with Gasteiger partial charge in [0.1, 0.15) is 0 Å². The monoisotopic (exact) mass is 152 g/mol. The molecule has 4 nitrogen and oxygen atoms in total. The van der Waals surface area contributed by atoms with Crippen molar-refractivity contribution >= 4 is 5.84 Å². The van der Waals surface area contributed by atoms with E-state index in [9.17, 15) is 0 Å². The standard InChI is InChI=1S/C7H12N4/c1-5-4-10-11(2)6(5)3-7(8)9/h4H,3H2,1-2H3,(H3,8,9). The summed E-state index contributed by atoms with van der Waals surface area (Å²) in [5.74, 6) is 0.178. The van der Waals surface area contributed by atoms with Crippen LogP contribution in [0.1, 0.15) is 11.3 Å². The minimum absolute atomic E-state index is 0.178. The van der Waals surface area contributed by atoms with Crippen molar-refractivity contribution in [1.29, 1.82) is 5.41 Å². The molecule has 0 radical (unpaired) electrons. The second-order valence-electron chi connectivity index (χ2n) is 2.60. The largest absolute Gasteiger partial charge is 0.387 e. The maximum absolute atomic E-state index is 7.10. The molecule has 60 valence electrons. The van der Waals surface area contributed by atoms with Gasteiger partial charge in [-0.3, -0.25) is 10.1 Å². The second kappa shape index (κ2) is 2.74. The summed E-state index contributed by atoms with van der Waals surface area (Å²) in [6, 6.07) is 0. The lowest BCUT2D eigenvalue weighted by atomic mass is 10.2. The van der Waals surface area contributed by atoms with E-state index < -0.39 is 0 Å². The SMILES string of the molecule is Cc1cnn(C)c1CC(=N)N. The van der Waals surface area contributed by atoms with Crippen molar-refractivity contribution in [3.8, 4) is 0 Å². The summed E-state index contributed by atoms with van der Waals surface area (Å²) in [7, 11) is 1.85. The molecule has 1 aromatic rings. The summed E-state index contributed by atoms with van der Waals surface area (Å²) in [6.45, 7) is 1.96. The van der Waals surface area contributed by atoms with E-state index in [0.717, 1.165) is 11.3 Å². The Morgan fingerprint density at radius 2 is 2.45 bits per heavy atom. The average Bonchev–Trinajstić information content (AvgIpc) is 2.18. The van der Waals surface area contributed by atoms with E-state index in [1.165, 1.54) is 0 Å². The normalized spacial score (nSPS) is 10.0. The number of nitrogens with zero attached hydrogens (tertiary/aromatic N) is 2. The Bertz CT molecular complexity index is 254. The third-order valence-corrected chi connectivity index (χ3v) is 1.63. The summed E-state index contributed by atoms with van der Waals surface area (Å²) >= 11 is 0. The number of aryl methyl sites for hydroxylation is 2. The highest BCUT2D eigenvalue weighted by molar-refractivity contribution is 5.79. The fourth-order valence-electron chi connectivity index (χ4n) is 1.01. The molecule has 0 amide bonds. The van der Waals surface area contributed by atoms with Gasteiger partial charge in [0.05, 0.1) is 12.0 Å². The number of nitrogens with two attached hydrogens (primary N) is 1. The first-order valence-corrected chi connectivity index (χ1v) is 3.41. The number of hydrogen-bond acceptors (Lipinski definition) is 2. The van der Waals surface area contributed by atoms with Crippen molar-refractivity contribution in [2.75, 3.05) is 0 Å². The highest BCUT2D eigenvalue weighted by Crippen LogP contribution is 2.05. The fraction of sp³-hybridized carbons (Fsp3) is 0.429. The first-order valence-electron chi connectivity index (χ1n) is 3.41.